The Hall–Kier alpha value is 0.580. The van der Waals surface area contributed by atoms with Crippen LogP contribution >= 0.6 is 43.2 Å². The van der Waals surface area contributed by atoms with Crippen LogP contribution in [0.5, 0.6) is 0 Å². The number of rotatable bonds is 6. The molecule has 2 nitrogen and oxygen atoms in total. The Morgan fingerprint density at radius 1 is 1.43 bits per heavy atom. The van der Waals surface area contributed by atoms with Crippen LogP contribution in [0, 0.1) is 0 Å². The monoisotopic (exact) mass is 341 g/mol. The van der Waals surface area contributed by atoms with Crippen LogP contribution in [-0.4, -0.2) is 26.8 Å². The zero-order valence-corrected chi connectivity index (χ0v) is 12.0. The topological polar surface area (TPSA) is 21.3 Å². The van der Waals surface area contributed by atoms with Crippen molar-refractivity contribution in [1.29, 1.82) is 0 Å². The van der Waals surface area contributed by atoms with E-state index in [9.17, 15) is 0 Å². The maximum atomic E-state index is 5.44. The molecule has 14 heavy (non-hydrogen) atoms. The molecule has 1 aromatic heterocycles. The average Bonchev–Trinajstić information content (AvgIpc) is 2.46. The Morgan fingerprint density at radius 3 is 2.79 bits per heavy atom. The molecule has 0 aliphatic heterocycles. The third-order valence-electron chi connectivity index (χ3n) is 1.69. The fourth-order valence-corrected chi connectivity index (χ4v) is 3.12. The molecule has 0 atom stereocenters. The van der Waals surface area contributed by atoms with Gasteiger partial charge in [-0.15, -0.1) is 11.3 Å². The van der Waals surface area contributed by atoms with Gasteiger partial charge in [-0.3, -0.25) is 0 Å². The van der Waals surface area contributed by atoms with Gasteiger partial charge in [0.05, 0.1) is 17.0 Å². The number of hydrogen-bond acceptors (Lipinski definition) is 3. The number of thiophene rings is 1. The lowest BCUT2D eigenvalue weighted by atomic mass is 10.4. The van der Waals surface area contributed by atoms with Gasteiger partial charge in [-0.25, -0.2) is 0 Å². The Bertz CT molecular complexity index is 258. The van der Waals surface area contributed by atoms with Crippen LogP contribution in [0.15, 0.2) is 14.3 Å². The summed E-state index contributed by atoms with van der Waals surface area (Å²) in [5, 5.41) is 3.04. The number of nitrogens with one attached hydrogen (secondary N) is 1. The van der Waals surface area contributed by atoms with Crippen molar-refractivity contribution in [3.8, 4) is 0 Å². The zero-order valence-electron chi connectivity index (χ0n) is 7.98. The summed E-state index contributed by atoms with van der Waals surface area (Å²) in [7, 11) is 1.93. The first kappa shape index (κ1) is 12.6. The van der Waals surface area contributed by atoms with Crippen molar-refractivity contribution in [3.63, 3.8) is 0 Å². The van der Waals surface area contributed by atoms with Gasteiger partial charge in [0.2, 0.25) is 0 Å². The fourth-order valence-electron chi connectivity index (χ4n) is 0.964. The van der Waals surface area contributed by atoms with E-state index < -0.39 is 0 Å². The van der Waals surface area contributed by atoms with Crippen molar-refractivity contribution in [2.45, 2.75) is 6.42 Å². The minimum Gasteiger partial charge on any atom is -0.380 e. The van der Waals surface area contributed by atoms with Gasteiger partial charge in [0.1, 0.15) is 0 Å². The molecule has 0 saturated carbocycles. The van der Waals surface area contributed by atoms with E-state index >= 15 is 0 Å². The third-order valence-corrected chi connectivity index (χ3v) is 5.00. The standard InChI is InChI=1S/C9H13Br2NOS/c1-12-3-5-13-4-2-7-6-8(10)9(11)14-7/h6,12H,2-5H2,1H3. The quantitative estimate of drug-likeness (QED) is 0.802. The molecule has 1 rings (SSSR count). The first-order valence-electron chi connectivity index (χ1n) is 4.40. The molecular formula is C9H13Br2NOS. The summed E-state index contributed by atoms with van der Waals surface area (Å²) in [5.74, 6) is 0. The Morgan fingerprint density at radius 2 is 2.21 bits per heavy atom. The van der Waals surface area contributed by atoms with Gasteiger partial charge in [0.15, 0.2) is 0 Å². The number of halogens is 2. The second kappa shape index (κ2) is 6.95. The van der Waals surface area contributed by atoms with Crippen LogP contribution in [0.25, 0.3) is 0 Å². The molecular weight excluding hydrogens is 330 g/mol. The van der Waals surface area contributed by atoms with Gasteiger partial charge in [-0.05, 0) is 45.0 Å². The summed E-state index contributed by atoms with van der Waals surface area (Å²) in [6.45, 7) is 2.49. The first-order chi connectivity index (χ1) is 6.74. The van der Waals surface area contributed by atoms with Crippen LogP contribution in [0.4, 0.5) is 0 Å². The zero-order chi connectivity index (χ0) is 10.4. The predicted octanol–water partition coefficient (Wildman–Crippen LogP) is 3.05. The fraction of sp³-hybridized carbons (Fsp3) is 0.556. The van der Waals surface area contributed by atoms with Crippen LogP contribution in [-0.2, 0) is 11.2 Å². The largest absolute Gasteiger partial charge is 0.380 e. The molecule has 1 heterocycles. The van der Waals surface area contributed by atoms with Gasteiger partial charge in [-0.2, -0.15) is 0 Å². The van der Waals surface area contributed by atoms with E-state index in [0.29, 0.717) is 0 Å². The molecule has 0 amide bonds. The minimum atomic E-state index is 0.782. The van der Waals surface area contributed by atoms with E-state index in [1.165, 1.54) is 4.88 Å². The molecule has 0 saturated heterocycles. The summed E-state index contributed by atoms with van der Waals surface area (Å²) in [6.07, 6.45) is 0.985. The highest BCUT2D eigenvalue weighted by Gasteiger charge is 2.03. The number of likely N-dealkylation sites (N-methyl/N-ethyl adjacent to an activating group) is 1. The Kier molecular flexibility index (Phi) is 6.28. The van der Waals surface area contributed by atoms with Crippen LogP contribution in [0.3, 0.4) is 0 Å². The summed E-state index contributed by atoms with van der Waals surface area (Å²) < 4.78 is 7.73. The Balaban J connectivity index is 2.18. The van der Waals surface area contributed by atoms with Gasteiger partial charge in [0.25, 0.3) is 0 Å². The molecule has 5 heteroatoms. The SMILES string of the molecule is CNCCOCCc1cc(Br)c(Br)s1. The molecule has 80 valence electrons. The van der Waals surface area contributed by atoms with Crippen LogP contribution in [0.1, 0.15) is 4.88 Å². The first-order valence-corrected chi connectivity index (χ1v) is 6.80. The Labute approximate surface area is 105 Å². The van der Waals surface area contributed by atoms with E-state index in [4.69, 9.17) is 4.74 Å². The molecule has 0 spiro atoms. The van der Waals surface area contributed by atoms with Crippen molar-refractivity contribution in [1.82, 2.24) is 5.32 Å². The molecule has 1 aromatic rings. The lowest BCUT2D eigenvalue weighted by molar-refractivity contribution is 0.141. The molecule has 0 fully saturated rings. The number of ether oxygens (including phenoxy) is 1. The molecule has 0 radical (unpaired) electrons. The molecule has 0 unspecified atom stereocenters. The molecule has 0 aliphatic carbocycles. The third kappa shape index (κ3) is 4.40. The van der Waals surface area contributed by atoms with Crippen LogP contribution < -0.4 is 5.32 Å². The van der Waals surface area contributed by atoms with E-state index in [2.05, 4.69) is 43.2 Å². The van der Waals surface area contributed by atoms with Gasteiger partial charge >= 0.3 is 0 Å². The van der Waals surface area contributed by atoms with Gasteiger partial charge in [0, 0.05) is 22.3 Å². The van der Waals surface area contributed by atoms with Crippen LogP contribution in [0.2, 0.25) is 0 Å². The highest BCUT2D eigenvalue weighted by molar-refractivity contribution is 9.13. The maximum Gasteiger partial charge on any atom is 0.0843 e. The summed E-state index contributed by atoms with van der Waals surface area (Å²) in [6, 6.07) is 2.14. The summed E-state index contributed by atoms with van der Waals surface area (Å²) in [4.78, 5) is 1.34. The molecule has 0 bridgehead atoms. The van der Waals surface area contributed by atoms with Crippen molar-refractivity contribution >= 4 is 43.2 Å². The predicted molar refractivity (Wildman–Crippen MR) is 68.2 cm³/mol. The highest BCUT2D eigenvalue weighted by atomic mass is 79.9. The van der Waals surface area contributed by atoms with E-state index in [1.54, 1.807) is 11.3 Å². The number of hydrogen-bond donors (Lipinski definition) is 1. The van der Waals surface area contributed by atoms with Gasteiger partial charge in [-0.1, -0.05) is 0 Å². The minimum absolute atomic E-state index is 0.782. The van der Waals surface area contributed by atoms with Crippen molar-refractivity contribution < 1.29 is 4.74 Å². The second-order valence-electron chi connectivity index (χ2n) is 2.80. The van der Waals surface area contributed by atoms with Gasteiger partial charge < -0.3 is 10.1 Å². The lowest BCUT2D eigenvalue weighted by Gasteiger charge is -2.01. The summed E-state index contributed by atoms with van der Waals surface area (Å²) in [5.41, 5.74) is 0. The lowest BCUT2D eigenvalue weighted by Crippen LogP contribution is -2.14. The van der Waals surface area contributed by atoms with Crippen molar-refractivity contribution in [2.24, 2.45) is 0 Å². The molecule has 0 aromatic carbocycles. The maximum absolute atomic E-state index is 5.44. The van der Waals surface area contributed by atoms with E-state index in [1.807, 2.05) is 7.05 Å². The van der Waals surface area contributed by atoms with E-state index in [0.717, 1.165) is 34.4 Å². The molecule has 0 aliphatic rings. The van der Waals surface area contributed by atoms with Crippen molar-refractivity contribution in [3.05, 3.63) is 19.2 Å². The molecule has 1 N–H and O–H groups in total. The summed E-state index contributed by atoms with van der Waals surface area (Å²) >= 11 is 8.69. The average molecular weight is 343 g/mol. The second-order valence-corrected chi connectivity index (χ2v) is 6.11. The highest BCUT2D eigenvalue weighted by Crippen LogP contribution is 2.32. The normalized spacial score (nSPS) is 10.8. The smallest absolute Gasteiger partial charge is 0.0843 e. The van der Waals surface area contributed by atoms with E-state index in [-0.39, 0.29) is 0 Å². The van der Waals surface area contributed by atoms with Crippen molar-refractivity contribution in [2.75, 3.05) is 26.8 Å².